The summed E-state index contributed by atoms with van der Waals surface area (Å²) in [6, 6.07) is 0. The van der Waals surface area contributed by atoms with E-state index in [0.29, 0.717) is 18.4 Å². The Hall–Kier alpha value is -2.09. The third-order valence-corrected chi connectivity index (χ3v) is 2.91. The van der Waals surface area contributed by atoms with Crippen LogP contribution in [0.4, 0.5) is 10.2 Å². The van der Waals surface area contributed by atoms with Gasteiger partial charge in [0.1, 0.15) is 18.6 Å². The van der Waals surface area contributed by atoms with Crippen LogP contribution >= 0.6 is 0 Å². The molecule has 0 aromatic carbocycles. The number of hydrogen-bond donors (Lipinski definition) is 1. The Morgan fingerprint density at radius 1 is 1.50 bits per heavy atom. The number of nitrogen functional groups attached to an aromatic ring is 1. The fraction of sp³-hybridized carbons (Fsp3) is 0.400. The zero-order valence-corrected chi connectivity index (χ0v) is 9.28. The maximum atomic E-state index is 13.1. The van der Waals surface area contributed by atoms with Gasteiger partial charge in [-0.15, -0.1) is 0 Å². The smallest absolute Gasteiger partial charge is 0.312 e. The molecular weight excluding hydrogens is 241 g/mol. The number of rotatable bonds is 2. The molecule has 0 bridgehead atoms. The number of aldehydes is 1. The molecule has 0 amide bonds. The number of halogens is 1. The van der Waals surface area contributed by atoms with Crippen molar-refractivity contribution in [1.82, 2.24) is 19.5 Å². The van der Waals surface area contributed by atoms with E-state index in [2.05, 4.69) is 15.0 Å². The third-order valence-electron chi connectivity index (χ3n) is 2.91. The Kier molecular flexibility index (Phi) is 2.44. The molecule has 2 aromatic heterocycles. The summed E-state index contributed by atoms with van der Waals surface area (Å²) in [5.74, 6) is -0.0128. The quantitative estimate of drug-likeness (QED) is 0.614. The summed E-state index contributed by atoms with van der Waals surface area (Å²) in [5.41, 5.74) is 6.16. The number of anilines is 1. The normalized spacial score (nSPS) is 23.6. The average molecular weight is 251 g/mol. The van der Waals surface area contributed by atoms with E-state index in [0.717, 1.165) is 6.29 Å². The standard InChI is InChI=1S/C10H10FN5O2/c11-10-14-8(12)7-9(15-10)16(4-13-7)6-2-1-5(3-17)18-6/h3-6H,1-2H2,(H2,12,14,15)/t5-,6+/m0/s1. The molecular formula is C10H10FN5O2. The van der Waals surface area contributed by atoms with Crippen molar-refractivity contribution in [3.05, 3.63) is 12.4 Å². The van der Waals surface area contributed by atoms with Gasteiger partial charge in [-0.1, -0.05) is 0 Å². The molecule has 0 spiro atoms. The summed E-state index contributed by atoms with van der Waals surface area (Å²) in [7, 11) is 0. The molecule has 1 aliphatic rings. The fourth-order valence-electron chi connectivity index (χ4n) is 2.07. The number of nitrogens with two attached hydrogens (primary N) is 1. The van der Waals surface area contributed by atoms with E-state index in [4.69, 9.17) is 10.5 Å². The van der Waals surface area contributed by atoms with Crippen LogP contribution in [0, 0.1) is 6.08 Å². The maximum Gasteiger partial charge on any atom is 0.312 e. The van der Waals surface area contributed by atoms with Gasteiger partial charge in [-0.25, -0.2) is 4.98 Å². The largest absolute Gasteiger partial charge is 0.382 e. The first kappa shape index (κ1) is 11.0. The highest BCUT2D eigenvalue weighted by Crippen LogP contribution is 2.30. The molecule has 7 nitrogen and oxygen atoms in total. The lowest BCUT2D eigenvalue weighted by molar-refractivity contribution is -0.119. The Bertz CT molecular complexity index is 614. The topological polar surface area (TPSA) is 95.9 Å². The van der Waals surface area contributed by atoms with E-state index in [1.165, 1.54) is 6.33 Å². The van der Waals surface area contributed by atoms with Crippen LogP contribution in [0.1, 0.15) is 19.1 Å². The molecule has 2 N–H and O–H groups in total. The van der Waals surface area contributed by atoms with E-state index in [1.807, 2.05) is 0 Å². The molecule has 2 atom stereocenters. The molecule has 0 aliphatic carbocycles. The predicted molar refractivity (Wildman–Crippen MR) is 58.9 cm³/mol. The zero-order valence-electron chi connectivity index (χ0n) is 9.28. The number of fused-ring (bicyclic) bond motifs is 1. The summed E-state index contributed by atoms with van der Waals surface area (Å²) in [4.78, 5) is 21.7. The highest BCUT2D eigenvalue weighted by molar-refractivity contribution is 5.81. The van der Waals surface area contributed by atoms with Crippen molar-refractivity contribution >= 4 is 23.3 Å². The lowest BCUT2D eigenvalue weighted by Gasteiger charge is -2.12. The van der Waals surface area contributed by atoms with E-state index >= 15 is 0 Å². The monoisotopic (exact) mass is 251 g/mol. The van der Waals surface area contributed by atoms with Crippen molar-refractivity contribution in [3.8, 4) is 0 Å². The van der Waals surface area contributed by atoms with Crippen molar-refractivity contribution < 1.29 is 13.9 Å². The van der Waals surface area contributed by atoms with Gasteiger partial charge in [0, 0.05) is 0 Å². The van der Waals surface area contributed by atoms with Crippen molar-refractivity contribution in [3.63, 3.8) is 0 Å². The maximum absolute atomic E-state index is 13.1. The second-order valence-corrected chi connectivity index (χ2v) is 4.04. The van der Waals surface area contributed by atoms with Crippen molar-refractivity contribution in [2.75, 3.05) is 5.73 Å². The molecule has 3 heterocycles. The first-order valence-corrected chi connectivity index (χ1v) is 5.45. The van der Waals surface area contributed by atoms with Gasteiger partial charge >= 0.3 is 6.08 Å². The van der Waals surface area contributed by atoms with E-state index in [-0.39, 0.29) is 17.7 Å². The number of nitrogens with zero attached hydrogens (tertiary/aromatic N) is 4. The minimum absolute atomic E-state index is 0.0128. The van der Waals surface area contributed by atoms with E-state index < -0.39 is 12.2 Å². The van der Waals surface area contributed by atoms with Crippen LogP contribution < -0.4 is 5.73 Å². The Morgan fingerprint density at radius 2 is 2.33 bits per heavy atom. The summed E-state index contributed by atoms with van der Waals surface area (Å²) in [5, 5.41) is 0. The second-order valence-electron chi connectivity index (χ2n) is 4.04. The van der Waals surface area contributed by atoms with Crippen LogP contribution in [0.5, 0.6) is 0 Å². The van der Waals surface area contributed by atoms with Gasteiger partial charge in [0.15, 0.2) is 17.0 Å². The van der Waals surface area contributed by atoms with Gasteiger partial charge in [0.25, 0.3) is 0 Å². The second kappa shape index (κ2) is 3.98. The van der Waals surface area contributed by atoms with Crippen LogP contribution in [-0.4, -0.2) is 31.9 Å². The highest BCUT2D eigenvalue weighted by atomic mass is 19.1. The van der Waals surface area contributed by atoms with Gasteiger partial charge in [0.2, 0.25) is 0 Å². The first-order valence-electron chi connectivity index (χ1n) is 5.45. The lowest BCUT2D eigenvalue weighted by atomic mass is 10.2. The minimum Gasteiger partial charge on any atom is -0.382 e. The van der Waals surface area contributed by atoms with Crippen molar-refractivity contribution in [2.24, 2.45) is 0 Å². The molecule has 1 saturated heterocycles. The van der Waals surface area contributed by atoms with Crippen LogP contribution in [0.2, 0.25) is 0 Å². The summed E-state index contributed by atoms with van der Waals surface area (Å²) < 4.78 is 20.2. The molecule has 0 unspecified atom stereocenters. The fourth-order valence-corrected chi connectivity index (χ4v) is 2.07. The molecule has 2 aromatic rings. The molecule has 3 rings (SSSR count). The van der Waals surface area contributed by atoms with Gasteiger partial charge in [0.05, 0.1) is 6.33 Å². The Morgan fingerprint density at radius 3 is 3.06 bits per heavy atom. The Labute approximate surface area is 101 Å². The molecule has 8 heteroatoms. The Balaban J connectivity index is 2.05. The van der Waals surface area contributed by atoms with Gasteiger partial charge in [-0.2, -0.15) is 14.4 Å². The lowest BCUT2D eigenvalue weighted by Crippen LogP contribution is -2.12. The molecule has 94 valence electrons. The number of carbonyl (C=O) groups is 1. The van der Waals surface area contributed by atoms with E-state index in [1.54, 1.807) is 4.57 Å². The molecule has 0 radical (unpaired) electrons. The zero-order chi connectivity index (χ0) is 12.7. The van der Waals surface area contributed by atoms with Gasteiger partial charge in [-0.05, 0) is 12.8 Å². The summed E-state index contributed by atoms with van der Waals surface area (Å²) in [6.45, 7) is 0. The van der Waals surface area contributed by atoms with Crippen LogP contribution in [0.3, 0.4) is 0 Å². The molecule has 1 fully saturated rings. The number of carbonyl (C=O) groups excluding carboxylic acids is 1. The minimum atomic E-state index is -0.910. The van der Waals surface area contributed by atoms with Crippen molar-refractivity contribution in [1.29, 1.82) is 0 Å². The van der Waals surface area contributed by atoms with Crippen molar-refractivity contribution in [2.45, 2.75) is 25.2 Å². The SMILES string of the molecule is Nc1nc(F)nc2c1ncn2[C@H]1CC[C@@H](C=O)O1. The third kappa shape index (κ3) is 1.61. The molecule has 0 saturated carbocycles. The summed E-state index contributed by atoms with van der Waals surface area (Å²) in [6.07, 6.45) is 1.76. The number of aromatic nitrogens is 4. The summed E-state index contributed by atoms with van der Waals surface area (Å²) >= 11 is 0. The van der Waals surface area contributed by atoms with Gasteiger partial charge in [-0.3, -0.25) is 4.57 Å². The average Bonchev–Trinajstić information content (AvgIpc) is 2.93. The molecule has 18 heavy (non-hydrogen) atoms. The number of ether oxygens (including phenoxy) is 1. The number of hydrogen-bond acceptors (Lipinski definition) is 6. The predicted octanol–water partition coefficient (Wildman–Crippen LogP) is 0.424. The van der Waals surface area contributed by atoms with Crippen LogP contribution in [0.15, 0.2) is 6.33 Å². The van der Waals surface area contributed by atoms with Crippen LogP contribution in [0.25, 0.3) is 11.2 Å². The highest BCUT2D eigenvalue weighted by Gasteiger charge is 2.28. The first-order chi connectivity index (χ1) is 8.69. The molecule has 1 aliphatic heterocycles. The van der Waals surface area contributed by atoms with Crippen LogP contribution in [-0.2, 0) is 9.53 Å². The number of imidazole rings is 1. The van der Waals surface area contributed by atoms with E-state index in [9.17, 15) is 9.18 Å². The van der Waals surface area contributed by atoms with Gasteiger partial charge < -0.3 is 15.3 Å².